The lowest BCUT2D eigenvalue weighted by molar-refractivity contribution is -0.179. The van der Waals surface area contributed by atoms with Gasteiger partial charge in [-0.25, -0.2) is 0 Å². The number of benzene rings is 2. The molecule has 2 aromatic carbocycles. The Bertz CT molecular complexity index is 1410. The van der Waals surface area contributed by atoms with Crippen molar-refractivity contribution in [2.75, 3.05) is 13.7 Å². The molecule has 49 heavy (non-hydrogen) atoms. The van der Waals surface area contributed by atoms with Gasteiger partial charge in [0.25, 0.3) is 0 Å². The Kier molecular flexibility index (Phi) is 11.1. The maximum absolute atomic E-state index is 14.7. The number of hydrogen-bond donors (Lipinski definition) is 1. The lowest BCUT2D eigenvalue weighted by atomic mass is 9.65. The second-order valence-corrected chi connectivity index (χ2v) is 17.6. The number of hydrogen-bond acceptors (Lipinski definition) is 7. The Hall–Kier alpha value is -2.74. The van der Waals surface area contributed by atoms with E-state index >= 15 is 0 Å². The van der Waals surface area contributed by atoms with Gasteiger partial charge in [-0.3, -0.25) is 14.5 Å². The molecule has 7 heteroatoms. The minimum absolute atomic E-state index is 0.0701. The Balaban J connectivity index is 1.63. The summed E-state index contributed by atoms with van der Waals surface area (Å²) in [6, 6.07) is 19.6. The van der Waals surface area contributed by atoms with Crippen molar-refractivity contribution in [2.24, 2.45) is 34.5 Å². The molecule has 0 aliphatic heterocycles. The van der Waals surface area contributed by atoms with E-state index in [1.54, 1.807) is 0 Å². The third-order valence-corrected chi connectivity index (χ3v) is 12.0. The molecule has 2 unspecified atom stereocenters. The van der Waals surface area contributed by atoms with Gasteiger partial charge in [-0.2, -0.15) is 0 Å². The highest BCUT2D eigenvalue weighted by Gasteiger charge is 2.65. The number of aliphatic hydroxyl groups excluding tert-OH is 1. The maximum atomic E-state index is 14.7. The summed E-state index contributed by atoms with van der Waals surface area (Å²) in [5, 5.41) is 12.1. The van der Waals surface area contributed by atoms with E-state index in [1.165, 1.54) is 12.0 Å². The van der Waals surface area contributed by atoms with Crippen molar-refractivity contribution in [2.45, 2.75) is 130 Å². The molecule has 0 spiro atoms. The van der Waals surface area contributed by atoms with Gasteiger partial charge in [-0.1, -0.05) is 80.9 Å². The van der Waals surface area contributed by atoms with Crippen LogP contribution in [0.1, 0.15) is 111 Å². The third kappa shape index (κ3) is 7.94. The standard InChI is InChI=1S/C42H61NO6/c1-39(2,3)48-37(45)34-31(35(38(46)49-40(4,5)6)36(44)29-19-14-11-15-20-29)21-16-22-32(34)43(26-28-17-12-10-13-18-28)27-42-24-23-30(41(42,7)8)25-33(42)47-9/h10-15,17-20,30-36,44H,16,21-27H2,1-9H3/t30?,31-,32+,33-,34+,35-,36+,42?/m0/s1. The number of fused-ring (bicyclic) bond motifs is 2. The summed E-state index contributed by atoms with van der Waals surface area (Å²) in [5.41, 5.74) is 0.315. The maximum Gasteiger partial charge on any atom is 0.312 e. The molecule has 3 fully saturated rings. The van der Waals surface area contributed by atoms with E-state index in [1.807, 2.05) is 85.1 Å². The van der Waals surface area contributed by atoms with E-state index < -0.39 is 41.0 Å². The summed E-state index contributed by atoms with van der Waals surface area (Å²) in [6.07, 6.45) is 4.50. The minimum Gasteiger partial charge on any atom is -0.460 e. The molecular weight excluding hydrogens is 614 g/mol. The molecule has 3 aliphatic rings. The predicted molar refractivity (Wildman–Crippen MR) is 192 cm³/mol. The zero-order valence-electron chi connectivity index (χ0n) is 31.4. The fraction of sp³-hybridized carbons (Fsp3) is 0.667. The van der Waals surface area contributed by atoms with Crippen molar-refractivity contribution in [1.29, 1.82) is 0 Å². The van der Waals surface area contributed by atoms with Crippen molar-refractivity contribution in [1.82, 2.24) is 4.90 Å². The highest BCUT2D eigenvalue weighted by atomic mass is 16.6. The summed E-state index contributed by atoms with van der Waals surface area (Å²) in [4.78, 5) is 31.5. The lowest BCUT2D eigenvalue weighted by Gasteiger charge is -2.51. The van der Waals surface area contributed by atoms with Gasteiger partial charge in [0.1, 0.15) is 11.2 Å². The van der Waals surface area contributed by atoms with Crippen LogP contribution in [0.4, 0.5) is 0 Å². The van der Waals surface area contributed by atoms with Crippen LogP contribution in [-0.2, 0) is 30.3 Å². The van der Waals surface area contributed by atoms with Crippen LogP contribution in [0.5, 0.6) is 0 Å². The van der Waals surface area contributed by atoms with Crippen LogP contribution in [-0.4, -0.2) is 58.9 Å². The molecule has 7 nitrogen and oxygen atoms in total. The summed E-state index contributed by atoms with van der Waals surface area (Å²) in [7, 11) is 1.85. The first-order valence-electron chi connectivity index (χ1n) is 18.5. The first-order chi connectivity index (χ1) is 23.0. The highest BCUT2D eigenvalue weighted by molar-refractivity contribution is 5.78. The van der Waals surface area contributed by atoms with Crippen molar-refractivity contribution in [3.05, 3.63) is 71.8 Å². The average molecular weight is 676 g/mol. The lowest BCUT2D eigenvalue weighted by Crippen LogP contribution is -2.57. The van der Waals surface area contributed by atoms with Crippen LogP contribution in [0.3, 0.4) is 0 Å². The minimum atomic E-state index is -1.15. The summed E-state index contributed by atoms with van der Waals surface area (Å²) >= 11 is 0. The molecule has 8 atom stereocenters. The van der Waals surface area contributed by atoms with Crippen LogP contribution in [0.2, 0.25) is 0 Å². The monoisotopic (exact) mass is 675 g/mol. The number of esters is 2. The van der Waals surface area contributed by atoms with Crippen molar-refractivity contribution in [3.63, 3.8) is 0 Å². The van der Waals surface area contributed by atoms with Crippen LogP contribution in [0.25, 0.3) is 0 Å². The van der Waals surface area contributed by atoms with Crippen molar-refractivity contribution >= 4 is 11.9 Å². The van der Waals surface area contributed by atoms with Gasteiger partial charge in [-0.15, -0.1) is 0 Å². The van der Waals surface area contributed by atoms with E-state index in [2.05, 4.69) is 43.0 Å². The number of rotatable bonds is 11. The first kappa shape index (κ1) is 37.5. The van der Waals surface area contributed by atoms with Crippen molar-refractivity contribution in [3.8, 4) is 0 Å². The molecule has 0 aromatic heterocycles. The Morgan fingerprint density at radius 2 is 1.51 bits per heavy atom. The van der Waals surface area contributed by atoms with E-state index in [-0.39, 0.29) is 28.9 Å². The number of carbonyl (C=O) groups excluding carboxylic acids is 2. The molecule has 0 heterocycles. The summed E-state index contributed by atoms with van der Waals surface area (Å²) < 4.78 is 18.5. The van der Waals surface area contributed by atoms with Crippen LogP contribution < -0.4 is 0 Å². The van der Waals surface area contributed by atoms with Crippen LogP contribution >= 0.6 is 0 Å². The third-order valence-electron chi connectivity index (χ3n) is 12.0. The van der Waals surface area contributed by atoms with E-state index in [4.69, 9.17) is 14.2 Å². The fourth-order valence-corrected chi connectivity index (χ4v) is 9.66. The molecular formula is C42H61NO6. The first-order valence-corrected chi connectivity index (χ1v) is 18.5. The Morgan fingerprint density at radius 3 is 2.08 bits per heavy atom. The Labute approximate surface area is 295 Å². The number of methoxy groups -OCH3 is 1. The number of ether oxygens (including phenoxy) is 3. The van der Waals surface area contributed by atoms with E-state index in [0.717, 1.165) is 32.2 Å². The number of carbonyl (C=O) groups is 2. The van der Waals surface area contributed by atoms with Crippen LogP contribution in [0, 0.1) is 34.5 Å². The largest absolute Gasteiger partial charge is 0.460 e. The smallest absolute Gasteiger partial charge is 0.312 e. The molecule has 0 radical (unpaired) electrons. The van der Waals surface area contributed by atoms with Gasteiger partial charge in [0.05, 0.1) is 24.0 Å². The molecule has 2 bridgehead atoms. The molecule has 270 valence electrons. The fourth-order valence-electron chi connectivity index (χ4n) is 9.66. The zero-order chi connectivity index (χ0) is 35.8. The highest BCUT2D eigenvalue weighted by Crippen LogP contribution is 2.67. The molecule has 3 saturated carbocycles. The van der Waals surface area contributed by atoms with E-state index in [0.29, 0.717) is 24.4 Å². The average Bonchev–Trinajstić information content (AvgIpc) is 3.39. The van der Waals surface area contributed by atoms with Gasteiger partial charge < -0.3 is 19.3 Å². The molecule has 2 aromatic rings. The number of aliphatic hydroxyl groups is 1. The molecule has 1 N–H and O–H groups in total. The predicted octanol–water partition coefficient (Wildman–Crippen LogP) is 8.15. The van der Waals surface area contributed by atoms with Crippen molar-refractivity contribution < 1.29 is 28.9 Å². The number of nitrogens with zero attached hydrogens (tertiary/aromatic N) is 1. The zero-order valence-corrected chi connectivity index (χ0v) is 31.4. The van der Waals surface area contributed by atoms with Gasteiger partial charge in [0.15, 0.2) is 0 Å². The molecule has 0 saturated heterocycles. The molecule has 3 aliphatic carbocycles. The van der Waals surface area contributed by atoms with Crippen LogP contribution in [0.15, 0.2) is 60.7 Å². The molecule has 0 amide bonds. The second kappa shape index (κ2) is 14.5. The molecule has 5 rings (SSSR count). The van der Waals surface area contributed by atoms with E-state index in [9.17, 15) is 14.7 Å². The quantitative estimate of drug-likeness (QED) is 0.241. The van der Waals surface area contributed by atoms with Gasteiger partial charge in [0, 0.05) is 31.7 Å². The normalized spacial score (nSPS) is 29.4. The van der Waals surface area contributed by atoms with Gasteiger partial charge in [0.2, 0.25) is 0 Å². The van der Waals surface area contributed by atoms with Gasteiger partial charge in [-0.05, 0) is 102 Å². The SMILES string of the molecule is CO[C@H]1CC2CCC1(CN(Cc1ccccc1)[C@@H]1CCC[C@H]([C@H](C(=O)OC(C)(C)C)[C@H](O)c3ccccc3)[C@H]1C(=O)OC(C)(C)C)C2(C)C. The second-order valence-electron chi connectivity index (χ2n) is 17.6. The Morgan fingerprint density at radius 1 is 0.898 bits per heavy atom. The van der Waals surface area contributed by atoms with Gasteiger partial charge >= 0.3 is 11.9 Å². The topological polar surface area (TPSA) is 85.3 Å². The summed E-state index contributed by atoms with van der Waals surface area (Å²) in [6.45, 7) is 17.5. The summed E-state index contributed by atoms with van der Waals surface area (Å²) in [5.74, 6) is -2.32.